The van der Waals surface area contributed by atoms with Crippen LogP contribution in [-0.4, -0.2) is 34.6 Å². The third-order valence-corrected chi connectivity index (χ3v) is 3.28. The molecule has 2 rings (SSSR count). The molecule has 5 heteroatoms. The minimum absolute atomic E-state index is 0.136. The lowest BCUT2D eigenvalue weighted by atomic mass is 9.83. The highest BCUT2D eigenvalue weighted by Gasteiger charge is 2.46. The van der Waals surface area contributed by atoms with Crippen molar-refractivity contribution in [3.8, 4) is 0 Å². The quantitative estimate of drug-likeness (QED) is 0.862. The Kier molecular flexibility index (Phi) is 2.72. The van der Waals surface area contributed by atoms with Crippen LogP contribution >= 0.6 is 11.6 Å². The van der Waals surface area contributed by atoms with Crippen molar-refractivity contribution in [2.24, 2.45) is 5.92 Å². The molecule has 0 radical (unpaired) electrons. The average Bonchev–Trinajstić information content (AvgIpc) is 2.58. The Morgan fingerprint density at radius 2 is 2.19 bits per heavy atom. The molecule has 0 aliphatic carbocycles. The summed E-state index contributed by atoms with van der Waals surface area (Å²) in [5, 5.41) is 10.2. The van der Waals surface area contributed by atoms with Gasteiger partial charge in [0.25, 0.3) is 5.91 Å². The van der Waals surface area contributed by atoms with Gasteiger partial charge < -0.3 is 14.4 Å². The predicted molar refractivity (Wildman–Crippen MR) is 59.4 cm³/mol. The zero-order chi connectivity index (χ0) is 11.9. The van der Waals surface area contributed by atoms with E-state index in [4.69, 9.17) is 16.0 Å². The van der Waals surface area contributed by atoms with Crippen LogP contribution in [0.2, 0.25) is 5.22 Å². The summed E-state index contributed by atoms with van der Waals surface area (Å²) in [4.78, 5) is 13.4. The van der Waals surface area contributed by atoms with Crippen molar-refractivity contribution in [1.29, 1.82) is 0 Å². The lowest BCUT2D eigenvalue weighted by Gasteiger charge is -2.48. The van der Waals surface area contributed by atoms with Gasteiger partial charge in [-0.25, -0.2) is 0 Å². The van der Waals surface area contributed by atoms with Gasteiger partial charge in [0, 0.05) is 0 Å². The van der Waals surface area contributed by atoms with E-state index in [-0.39, 0.29) is 22.8 Å². The van der Waals surface area contributed by atoms with Gasteiger partial charge in [0.1, 0.15) is 5.60 Å². The molecule has 1 aliphatic rings. The molecule has 1 N–H and O–H groups in total. The first kappa shape index (κ1) is 11.5. The van der Waals surface area contributed by atoms with Crippen LogP contribution in [0.15, 0.2) is 16.5 Å². The summed E-state index contributed by atoms with van der Waals surface area (Å²) < 4.78 is 5.02. The summed E-state index contributed by atoms with van der Waals surface area (Å²) in [5.74, 6) is 0.129. The molecular weight excluding hydrogens is 230 g/mol. The van der Waals surface area contributed by atoms with E-state index < -0.39 is 5.60 Å². The number of hydrogen-bond acceptors (Lipinski definition) is 3. The number of hydrogen-bond donors (Lipinski definition) is 1. The number of likely N-dealkylation sites (tertiary alicyclic amines) is 1. The van der Waals surface area contributed by atoms with Gasteiger partial charge in [-0.2, -0.15) is 0 Å². The molecule has 0 atom stereocenters. The Balaban J connectivity index is 2.00. The molecule has 1 saturated heterocycles. The molecule has 0 aromatic carbocycles. The van der Waals surface area contributed by atoms with Crippen molar-refractivity contribution in [3.05, 3.63) is 23.1 Å². The zero-order valence-corrected chi connectivity index (χ0v) is 9.99. The molecule has 0 saturated carbocycles. The van der Waals surface area contributed by atoms with E-state index in [1.54, 1.807) is 4.90 Å². The minimum atomic E-state index is -0.758. The van der Waals surface area contributed by atoms with Crippen molar-refractivity contribution in [3.63, 3.8) is 0 Å². The molecule has 1 aromatic rings. The lowest BCUT2D eigenvalue weighted by molar-refractivity contribution is -0.111. The molecule has 4 nitrogen and oxygen atoms in total. The fourth-order valence-corrected chi connectivity index (χ4v) is 1.85. The summed E-state index contributed by atoms with van der Waals surface area (Å²) in [5.41, 5.74) is -0.758. The number of furan rings is 1. The largest absolute Gasteiger partial charge is 0.440 e. The highest BCUT2D eigenvalue weighted by Crippen LogP contribution is 2.30. The Bertz CT molecular complexity index is 407. The van der Waals surface area contributed by atoms with Crippen LogP contribution in [0.1, 0.15) is 24.4 Å². The van der Waals surface area contributed by atoms with Crippen LogP contribution in [0.5, 0.6) is 0 Å². The number of halogens is 1. The molecule has 0 spiro atoms. The second-order valence-electron chi connectivity index (χ2n) is 4.52. The third-order valence-electron chi connectivity index (χ3n) is 3.08. The Hall–Kier alpha value is -1.00. The number of carbonyl (C=O) groups is 1. The normalized spacial score (nSPS) is 18.7. The summed E-state index contributed by atoms with van der Waals surface area (Å²) in [6, 6.07) is 3.07. The van der Waals surface area contributed by atoms with E-state index in [9.17, 15) is 9.90 Å². The second kappa shape index (κ2) is 3.79. The van der Waals surface area contributed by atoms with Crippen molar-refractivity contribution in [2.75, 3.05) is 13.1 Å². The molecule has 1 fully saturated rings. The fourth-order valence-electron chi connectivity index (χ4n) is 1.71. The topological polar surface area (TPSA) is 53.7 Å². The Morgan fingerprint density at radius 1 is 1.56 bits per heavy atom. The molecule has 2 heterocycles. The number of β-amino-alcohol motifs (C(OH)–C–C–N with tert-alkyl or cyclic N) is 1. The fraction of sp³-hybridized carbons (Fsp3) is 0.545. The SMILES string of the molecule is CC(C)C1(O)CN(C(=O)c2ccc(Cl)o2)C1. The second-order valence-corrected chi connectivity index (χ2v) is 4.90. The van der Waals surface area contributed by atoms with Gasteiger partial charge in [0.15, 0.2) is 11.0 Å². The van der Waals surface area contributed by atoms with Crippen LogP contribution in [0, 0.1) is 5.92 Å². The molecule has 16 heavy (non-hydrogen) atoms. The molecule has 1 aliphatic heterocycles. The van der Waals surface area contributed by atoms with Crippen molar-refractivity contribution in [1.82, 2.24) is 4.90 Å². The molecule has 88 valence electrons. The molecule has 1 amide bonds. The number of nitrogens with zero attached hydrogens (tertiary/aromatic N) is 1. The van der Waals surface area contributed by atoms with Crippen molar-refractivity contribution < 1.29 is 14.3 Å². The average molecular weight is 244 g/mol. The van der Waals surface area contributed by atoms with E-state index in [2.05, 4.69) is 0 Å². The minimum Gasteiger partial charge on any atom is -0.440 e. The van der Waals surface area contributed by atoms with Gasteiger partial charge >= 0.3 is 0 Å². The standard InChI is InChI=1S/C11H14ClNO3/c1-7(2)11(15)5-13(6-11)10(14)8-3-4-9(12)16-8/h3-4,7,15H,5-6H2,1-2H3. The summed E-state index contributed by atoms with van der Waals surface area (Å²) in [6.07, 6.45) is 0. The molecule has 0 unspecified atom stereocenters. The number of amides is 1. The van der Waals surface area contributed by atoms with Crippen LogP contribution < -0.4 is 0 Å². The van der Waals surface area contributed by atoms with E-state index in [1.807, 2.05) is 13.8 Å². The third kappa shape index (κ3) is 1.83. The maximum Gasteiger partial charge on any atom is 0.289 e. The van der Waals surface area contributed by atoms with Crippen molar-refractivity contribution >= 4 is 17.5 Å². The van der Waals surface area contributed by atoms with E-state index in [1.165, 1.54) is 12.1 Å². The van der Waals surface area contributed by atoms with Crippen LogP contribution in [0.25, 0.3) is 0 Å². The molecule has 1 aromatic heterocycles. The maximum absolute atomic E-state index is 11.8. The van der Waals surface area contributed by atoms with E-state index >= 15 is 0 Å². The van der Waals surface area contributed by atoms with Crippen LogP contribution in [0.4, 0.5) is 0 Å². The predicted octanol–water partition coefficient (Wildman–Crippen LogP) is 1.78. The summed E-state index contributed by atoms with van der Waals surface area (Å²) >= 11 is 5.59. The molecular formula is C11H14ClNO3. The Morgan fingerprint density at radius 3 is 2.62 bits per heavy atom. The van der Waals surface area contributed by atoms with E-state index in [0.29, 0.717) is 13.1 Å². The van der Waals surface area contributed by atoms with Crippen LogP contribution in [0.3, 0.4) is 0 Å². The first-order valence-corrected chi connectivity index (χ1v) is 5.57. The lowest BCUT2D eigenvalue weighted by Crippen LogP contribution is -2.65. The maximum atomic E-state index is 11.8. The zero-order valence-electron chi connectivity index (χ0n) is 9.24. The number of rotatable bonds is 2. The first-order chi connectivity index (χ1) is 7.42. The monoisotopic (exact) mass is 243 g/mol. The first-order valence-electron chi connectivity index (χ1n) is 5.19. The number of carbonyl (C=O) groups excluding carboxylic acids is 1. The number of aliphatic hydroxyl groups is 1. The van der Waals surface area contributed by atoms with E-state index in [0.717, 1.165) is 0 Å². The Labute approximate surface area is 98.8 Å². The van der Waals surface area contributed by atoms with Gasteiger partial charge in [-0.1, -0.05) is 13.8 Å². The van der Waals surface area contributed by atoms with Crippen molar-refractivity contribution in [2.45, 2.75) is 19.4 Å². The highest BCUT2D eigenvalue weighted by molar-refractivity contribution is 6.29. The van der Waals surface area contributed by atoms with Gasteiger partial charge in [-0.15, -0.1) is 0 Å². The van der Waals surface area contributed by atoms with Gasteiger partial charge in [-0.3, -0.25) is 4.79 Å². The van der Waals surface area contributed by atoms with Gasteiger partial charge in [-0.05, 0) is 29.7 Å². The molecule has 0 bridgehead atoms. The van der Waals surface area contributed by atoms with Crippen LogP contribution in [-0.2, 0) is 0 Å². The summed E-state index contributed by atoms with van der Waals surface area (Å²) in [6.45, 7) is 4.57. The summed E-state index contributed by atoms with van der Waals surface area (Å²) in [7, 11) is 0. The highest BCUT2D eigenvalue weighted by atomic mass is 35.5. The van der Waals surface area contributed by atoms with Gasteiger partial charge in [0.05, 0.1) is 13.1 Å². The van der Waals surface area contributed by atoms with Gasteiger partial charge in [0.2, 0.25) is 0 Å². The smallest absolute Gasteiger partial charge is 0.289 e.